The van der Waals surface area contributed by atoms with Gasteiger partial charge in [-0.3, -0.25) is 0 Å². The van der Waals surface area contributed by atoms with Gasteiger partial charge in [-0.2, -0.15) is 0 Å². The van der Waals surface area contributed by atoms with Crippen LogP contribution >= 0.6 is 10.9 Å². The maximum absolute atomic E-state index is 8.75. The Morgan fingerprint density at radius 2 is 1.82 bits per heavy atom. The number of nitrogen functional groups attached to an aromatic ring is 1. The van der Waals surface area contributed by atoms with E-state index in [2.05, 4.69) is 0 Å². The lowest BCUT2D eigenvalue weighted by Gasteiger charge is -2.18. The molecule has 4 nitrogen and oxygen atoms in total. The molecule has 0 aromatic heterocycles. The number of benzene rings is 1. The molecule has 62 valence electrons. The van der Waals surface area contributed by atoms with Crippen molar-refractivity contribution in [3.63, 3.8) is 0 Å². The summed E-state index contributed by atoms with van der Waals surface area (Å²) in [5.41, 5.74) is 5.72. The molecule has 1 rings (SSSR count). The van der Waals surface area contributed by atoms with E-state index in [1.54, 1.807) is 6.07 Å². The van der Waals surface area contributed by atoms with Crippen LogP contribution in [-0.4, -0.2) is 13.7 Å². The van der Waals surface area contributed by atoms with E-state index in [-0.39, 0.29) is 4.90 Å². The molecule has 0 saturated carbocycles. The highest BCUT2D eigenvalue weighted by atomic mass is 32.3. The highest BCUT2D eigenvalue weighted by molar-refractivity contribution is 8.19. The fourth-order valence-electron chi connectivity index (χ4n) is 0.685. The molecule has 11 heavy (non-hydrogen) atoms. The molecule has 0 aliphatic rings. The number of nitrogens with two attached hydrogens (primary N) is 1. The number of hydrogen-bond donors (Lipinski definition) is 4. The lowest BCUT2D eigenvalue weighted by atomic mass is 10.3. The van der Waals surface area contributed by atoms with Gasteiger partial charge in [0.1, 0.15) is 10.9 Å². The van der Waals surface area contributed by atoms with Gasteiger partial charge in [-0.1, -0.05) is 6.07 Å². The van der Waals surface area contributed by atoms with E-state index >= 15 is 0 Å². The molecule has 0 bridgehead atoms. The van der Waals surface area contributed by atoms with Crippen molar-refractivity contribution in [3.8, 4) is 0 Å². The fourth-order valence-corrected chi connectivity index (χ4v) is 1.24. The van der Waals surface area contributed by atoms with Gasteiger partial charge < -0.3 is 19.4 Å². The summed E-state index contributed by atoms with van der Waals surface area (Å²) in [5.74, 6) is 0. The van der Waals surface area contributed by atoms with Gasteiger partial charge in [0.15, 0.2) is 0 Å². The molecule has 1 aromatic rings. The molecule has 0 aliphatic carbocycles. The van der Waals surface area contributed by atoms with E-state index in [4.69, 9.17) is 19.4 Å². The van der Waals surface area contributed by atoms with E-state index in [0.717, 1.165) is 0 Å². The highest BCUT2D eigenvalue weighted by Gasteiger charge is 2.14. The van der Waals surface area contributed by atoms with Gasteiger partial charge in [-0.15, -0.1) is 0 Å². The van der Waals surface area contributed by atoms with Gasteiger partial charge in [0.05, 0.1) is 4.90 Å². The van der Waals surface area contributed by atoms with Crippen molar-refractivity contribution in [3.05, 3.63) is 24.3 Å². The van der Waals surface area contributed by atoms with E-state index in [0.29, 0.717) is 5.69 Å². The minimum absolute atomic E-state index is 0.0394. The summed E-state index contributed by atoms with van der Waals surface area (Å²) in [6.07, 6.45) is 0. The summed E-state index contributed by atoms with van der Waals surface area (Å²) >= 11 is 0. The van der Waals surface area contributed by atoms with Crippen molar-refractivity contribution in [2.24, 2.45) is 0 Å². The SMILES string of the molecule is Nc1cccc(S(O)(O)O)c1. The predicted octanol–water partition coefficient (Wildman–Crippen LogP) is 1.85. The lowest BCUT2D eigenvalue weighted by molar-refractivity contribution is 0.376. The molecule has 5 heteroatoms. The predicted molar refractivity (Wildman–Crippen MR) is 44.6 cm³/mol. The summed E-state index contributed by atoms with van der Waals surface area (Å²) in [7, 11) is -3.61. The molecular weight excluding hydrogens is 166 g/mol. The van der Waals surface area contributed by atoms with Crippen molar-refractivity contribution in [2.45, 2.75) is 4.90 Å². The number of rotatable bonds is 1. The van der Waals surface area contributed by atoms with Crippen molar-refractivity contribution in [2.75, 3.05) is 5.73 Å². The second kappa shape index (κ2) is 2.71. The normalized spacial score (nSPS) is 13.0. The van der Waals surface area contributed by atoms with Crippen molar-refractivity contribution < 1.29 is 13.7 Å². The topological polar surface area (TPSA) is 86.7 Å². The number of anilines is 1. The van der Waals surface area contributed by atoms with Gasteiger partial charge in [0.25, 0.3) is 0 Å². The Morgan fingerprint density at radius 3 is 2.18 bits per heavy atom. The molecule has 0 amide bonds. The molecule has 0 spiro atoms. The van der Waals surface area contributed by atoms with E-state index in [1.807, 2.05) is 0 Å². The van der Waals surface area contributed by atoms with Crippen LogP contribution in [0.15, 0.2) is 29.2 Å². The average Bonchev–Trinajstić information content (AvgIpc) is 1.86. The van der Waals surface area contributed by atoms with Crippen LogP contribution in [0.4, 0.5) is 5.69 Å². The van der Waals surface area contributed by atoms with Gasteiger partial charge >= 0.3 is 0 Å². The molecule has 0 radical (unpaired) electrons. The number of hydrogen-bond acceptors (Lipinski definition) is 4. The third-order valence-electron chi connectivity index (χ3n) is 1.17. The van der Waals surface area contributed by atoms with Crippen LogP contribution < -0.4 is 5.73 Å². The minimum atomic E-state index is -3.61. The molecular formula is C6H9NO3S. The summed E-state index contributed by atoms with van der Waals surface area (Å²) in [6.45, 7) is 0. The third-order valence-corrected chi connectivity index (χ3v) is 2.06. The second-order valence-electron chi connectivity index (χ2n) is 2.09. The quantitative estimate of drug-likeness (QED) is 0.490. The molecule has 1 aromatic carbocycles. The van der Waals surface area contributed by atoms with E-state index in [1.165, 1.54) is 18.2 Å². The standard InChI is InChI=1S/C6H9NO3S/c7-5-2-1-3-6(4-5)11(8,9)10/h1-4,8-10H,7H2. The van der Waals surface area contributed by atoms with E-state index < -0.39 is 10.9 Å². The van der Waals surface area contributed by atoms with Crippen LogP contribution in [0.5, 0.6) is 0 Å². The van der Waals surface area contributed by atoms with E-state index in [9.17, 15) is 0 Å². The highest BCUT2D eigenvalue weighted by Crippen LogP contribution is 2.43. The van der Waals surface area contributed by atoms with Crippen molar-refractivity contribution in [1.29, 1.82) is 0 Å². The Bertz CT molecular complexity index is 258. The maximum Gasteiger partial charge on any atom is 0.113 e. The van der Waals surface area contributed by atoms with Gasteiger partial charge in [0, 0.05) is 5.69 Å². The Hall–Kier alpha value is -0.750. The Balaban J connectivity index is 3.06. The molecule has 0 unspecified atom stereocenters. The molecule has 5 N–H and O–H groups in total. The van der Waals surface area contributed by atoms with Crippen LogP contribution in [0, 0.1) is 0 Å². The first-order valence-corrected chi connectivity index (χ1v) is 4.37. The Morgan fingerprint density at radius 1 is 1.18 bits per heavy atom. The van der Waals surface area contributed by atoms with Crippen LogP contribution in [0.3, 0.4) is 0 Å². The van der Waals surface area contributed by atoms with Crippen LogP contribution in [0.25, 0.3) is 0 Å². The van der Waals surface area contributed by atoms with Crippen LogP contribution in [-0.2, 0) is 0 Å². The first kappa shape index (κ1) is 8.35. The van der Waals surface area contributed by atoms with Gasteiger partial charge in [-0.05, 0) is 18.2 Å². The summed E-state index contributed by atoms with van der Waals surface area (Å²) in [6, 6.07) is 5.84. The van der Waals surface area contributed by atoms with Crippen LogP contribution in [0.2, 0.25) is 0 Å². The third kappa shape index (κ3) is 2.09. The fraction of sp³-hybridized carbons (Fsp3) is 0. The monoisotopic (exact) mass is 175 g/mol. The molecule has 0 heterocycles. The first-order chi connectivity index (χ1) is 5.00. The smallest absolute Gasteiger partial charge is 0.113 e. The maximum atomic E-state index is 8.75. The Labute approximate surface area is 65.8 Å². The Kier molecular flexibility index (Phi) is 2.05. The molecule has 0 saturated heterocycles. The summed E-state index contributed by atoms with van der Waals surface area (Å²) < 4.78 is 26.3. The minimum Gasteiger partial charge on any atom is -0.399 e. The summed E-state index contributed by atoms with van der Waals surface area (Å²) in [4.78, 5) is 0.0394. The summed E-state index contributed by atoms with van der Waals surface area (Å²) in [5, 5.41) is 0. The largest absolute Gasteiger partial charge is 0.399 e. The first-order valence-electron chi connectivity index (χ1n) is 2.86. The van der Waals surface area contributed by atoms with Gasteiger partial charge in [0.2, 0.25) is 0 Å². The average molecular weight is 175 g/mol. The zero-order valence-corrected chi connectivity index (χ0v) is 6.45. The second-order valence-corrected chi connectivity index (χ2v) is 3.60. The van der Waals surface area contributed by atoms with Crippen LogP contribution in [0.1, 0.15) is 0 Å². The molecule has 0 aliphatic heterocycles. The molecule has 0 fully saturated rings. The van der Waals surface area contributed by atoms with Crippen molar-refractivity contribution >= 4 is 16.6 Å². The van der Waals surface area contributed by atoms with Crippen molar-refractivity contribution in [1.82, 2.24) is 0 Å². The van der Waals surface area contributed by atoms with Gasteiger partial charge in [-0.25, -0.2) is 0 Å². The zero-order chi connectivity index (χ0) is 8.48. The lowest BCUT2D eigenvalue weighted by Crippen LogP contribution is -1.96. The zero-order valence-electron chi connectivity index (χ0n) is 5.64. The molecule has 0 atom stereocenters.